The van der Waals surface area contributed by atoms with E-state index in [0.29, 0.717) is 0 Å². The molecule has 0 radical (unpaired) electrons. The summed E-state index contributed by atoms with van der Waals surface area (Å²) in [5.41, 5.74) is -1.72. The van der Waals surface area contributed by atoms with Crippen molar-refractivity contribution in [2.75, 3.05) is 0 Å². The molecular weight excluding hydrogens is 248 g/mol. The van der Waals surface area contributed by atoms with Crippen LogP contribution in [0.2, 0.25) is 0 Å². The fourth-order valence-corrected chi connectivity index (χ4v) is 1.77. The van der Waals surface area contributed by atoms with E-state index in [4.69, 9.17) is 0 Å². The molecule has 0 spiro atoms. The molecule has 16 heavy (non-hydrogen) atoms. The summed E-state index contributed by atoms with van der Waals surface area (Å²) in [6.45, 7) is 0.875. The van der Waals surface area contributed by atoms with Crippen molar-refractivity contribution >= 4 is 10.2 Å². The van der Waals surface area contributed by atoms with E-state index >= 15 is 0 Å². The van der Waals surface area contributed by atoms with Gasteiger partial charge >= 0.3 is 16.4 Å². The van der Waals surface area contributed by atoms with E-state index in [-0.39, 0.29) is 0 Å². The predicted octanol–water partition coefficient (Wildman–Crippen LogP) is 3.07. The van der Waals surface area contributed by atoms with Gasteiger partial charge in [0.25, 0.3) is 0 Å². The van der Waals surface area contributed by atoms with Crippen molar-refractivity contribution in [3.8, 4) is 0 Å². The average Bonchev–Trinajstić information content (AvgIpc) is 2.14. The summed E-state index contributed by atoms with van der Waals surface area (Å²) in [6, 6.07) is 4.01. The maximum atomic E-state index is 12.6. The molecule has 0 amide bonds. The highest BCUT2D eigenvalue weighted by molar-refractivity contribution is 7.86. The zero-order valence-electron chi connectivity index (χ0n) is 8.12. The first kappa shape index (κ1) is 13.0. The van der Waals surface area contributed by atoms with E-state index in [1.807, 2.05) is 0 Å². The molecule has 1 rings (SSSR count). The van der Waals surface area contributed by atoms with Crippen LogP contribution in [-0.2, 0) is 16.4 Å². The minimum Gasteiger partial charge on any atom is -0.194 e. The lowest BCUT2D eigenvalue weighted by Gasteiger charge is -2.15. The zero-order chi connectivity index (χ0) is 12.6. The van der Waals surface area contributed by atoms with Gasteiger partial charge in [0, 0.05) is 0 Å². The Balaban J connectivity index is 3.36. The topological polar surface area (TPSA) is 34.1 Å². The fraction of sp³-hybridized carbons (Fsp3) is 0.333. The molecule has 0 saturated carbocycles. The third kappa shape index (κ3) is 2.72. The lowest BCUT2D eigenvalue weighted by atomic mass is 10.0. The molecule has 0 heterocycles. The summed E-state index contributed by atoms with van der Waals surface area (Å²) in [5, 5.41) is -1.83. The molecule has 1 aromatic carbocycles. The maximum absolute atomic E-state index is 12.6. The van der Waals surface area contributed by atoms with Gasteiger partial charge in [0.1, 0.15) is 5.25 Å². The fourth-order valence-electron chi connectivity index (χ4n) is 1.26. The van der Waals surface area contributed by atoms with Crippen LogP contribution in [-0.4, -0.2) is 8.42 Å². The molecule has 2 nitrogen and oxygen atoms in total. The van der Waals surface area contributed by atoms with Gasteiger partial charge in [0.05, 0.1) is 5.56 Å². The Bertz CT molecular complexity index is 479. The molecule has 90 valence electrons. The van der Waals surface area contributed by atoms with Gasteiger partial charge in [-0.3, -0.25) is 0 Å². The van der Waals surface area contributed by atoms with E-state index in [0.717, 1.165) is 25.1 Å². The van der Waals surface area contributed by atoms with Gasteiger partial charge in [-0.2, -0.15) is 21.6 Å². The number of hydrogen-bond acceptors (Lipinski definition) is 2. The smallest absolute Gasteiger partial charge is 0.194 e. The Morgan fingerprint density at radius 1 is 1.19 bits per heavy atom. The predicted molar refractivity (Wildman–Crippen MR) is 49.9 cm³/mol. The quantitative estimate of drug-likeness (QED) is 0.602. The summed E-state index contributed by atoms with van der Waals surface area (Å²) >= 11 is 0. The summed E-state index contributed by atoms with van der Waals surface area (Å²) < 4.78 is 71.2. The van der Waals surface area contributed by atoms with Gasteiger partial charge in [0.15, 0.2) is 0 Å². The normalized spacial score (nSPS) is 14.8. The molecule has 0 aliphatic rings. The Hall–Kier alpha value is -1.11. The van der Waals surface area contributed by atoms with E-state index in [1.165, 1.54) is 6.07 Å². The summed E-state index contributed by atoms with van der Waals surface area (Å²) in [6.07, 6.45) is -4.70. The van der Waals surface area contributed by atoms with Gasteiger partial charge in [-0.15, -0.1) is 3.89 Å². The van der Waals surface area contributed by atoms with E-state index in [9.17, 15) is 25.5 Å². The van der Waals surface area contributed by atoms with Crippen molar-refractivity contribution in [2.45, 2.75) is 18.3 Å². The van der Waals surface area contributed by atoms with Crippen LogP contribution in [0.25, 0.3) is 0 Å². The van der Waals surface area contributed by atoms with Crippen molar-refractivity contribution in [3.63, 3.8) is 0 Å². The van der Waals surface area contributed by atoms with Gasteiger partial charge in [-0.1, -0.05) is 18.2 Å². The van der Waals surface area contributed by atoms with Crippen LogP contribution < -0.4 is 0 Å². The van der Waals surface area contributed by atoms with Crippen LogP contribution in [0.3, 0.4) is 0 Å². The lowest BCUT2D eigenvalue weighted by Crippen LogP contribution is -2.13. The van der Waals surface area contributed by atoms with Gasteiger partial charge in [-0.25, -0.2) is 0 Å². The largest absolute Gasteiger partial charge is 0.416 e. The van der Waals surface area contributed by atoms with Crippen molar-refractivity contribution in [1.82, 2.24) is 0 Å². The summed E-state index contributed by atoms with van der Waals surface area (Å²) in [5.74, 6) is 0. The van der Waals surface area contributed by atoms with Crippen molar-refractivity contribution in [1.29, 1.82) is 0 Å². The minimum absolute atomic E-state index is 0.586. The first-order valence-corrected chi connectivity index (χ1v) is 5.68. The van der Waals surface area contributed by atoms with Crippen molar-refractivity contribution in [3.05, 3.63) is 35.4 Å². The lowest BCUT2D eigenvalue weighted by molar-refractivity contribution is -0.138. The molecule has 0 aliphatic heterocycles. The molecule has 0 aliphatic carbocycles. The minimum atomic E-state index is -5.04. The van der Waals surface area contributed by atoms with E-state index < -0.39 is 32.8 Å². The third-order valence-electron chi connectivity index (χ3n) is 2.13. The Morgan fingerprint density at radius 3 is 2.12 bits per heavy atom. The van der Waals surface area contributed by atoms with Crippen molar-refractivity contribution in [2.24, 2.45) is 0 Å². The second-order valence-corrected chi connectivity index (χ2v) is 4.86. The standard InChI is InChI=1S/C9H8F4O2S/c1-6(16(13,14)15)7-4-2-3-5-8(7)9(10,11)12/h2-6H,1H3. The Labute approximate surface area is 90.1 Å². The first-order chi connectivity index (χ1) is 7.14. The van der Waals surface area contributed by atoms with Gasteiger partial charge in [-0.05, 0) is 18.6 Å². The molecule has 0 N–H and O–H groups in total. The zero-order valence-corrected chi connectivity index (χ0v) is 8.94. The van der Waals surface area contributed by atoms with Gasteiger partial charge < -0.3 is 0 Å². The Morgan fingerprint density at radius 2 is 1.69 bits per heavy atom. The SMILES string of the molecule is CC(c1ccccc1C(F)(F)F)S(=O)(=O)F. The summed E-state index contributed by atoms with van der Waals surface area (Å²) in [7, 11) is -5.04. The third-order valence-corrected chi connectivity index (χ3v) is 3.23. The highest BCUT2D eigenvalue weighted by Crippen LogP contribution is 2.36. The van der Waals surface area contributed by atoms with Gasteiger partial charge in [0.2, 0.25) is 0 Å². The number of alkyl halides is 3. The number of rotatable bonds is 2. The molecule has 0 saturated heterocycles. The molecule has 1 unspecified atom stereocenters. The molecule has 0 aromatic heterocycles. The molecular formula is C9H8F4O2S. The van der Waals surface area contributed by atoms with Crippen LogP contribution in [0.15, 0.2) is 24.3 Å². The molecule has 0 fully saturated rings. The van der Waals surface area contributed by atoms with E-state index in [2.05, 4.69) is 0 Å². The second-order valence-electron chi connectivity index (χ2n) is 3.20. The molecule has 0 bridgehead atoms. The van der Waals surface area contributed by atoms with Crippen LogP contribution >= 0.6 is 0 Å². The second kappa shape index (κ2) is 4.04. The van der Waals surface area contributed by atoms with E-state index in [1.54, 1.807) is 0 Å². The molecule has 7 heteroatoms. The summed E-state index contributed by atoms with van der Waals surface area (Å²) in [4.78, 5) is 0. The number of hydrogen-bond donors (Lipinski definition) is 0. The van der Waals surface area contributed by atoms with Crippen LogP contribution in [0.1, 0.15) is 23.3 Å². The average molecular weight is 256 g/mol. The van der Waals surface area contributed by atoms with Crippen LogP contribution in [0.5, 0.6) is 0 Å². The maximum Gasteiger partial charge on any atom is 0.416 e. The molecule has 1 atom stereocenters. The Kier molecular flexibility index (Phi) is 3.27. The highest BCUT2D eigenvalue weighted by Gasteiger charge is 2.36. The van der Waals surface area contributed by atoms with Crippen molar-refractivity contribution < 1.29 is 25.5 Å². The van der Waals surface area contributed by atoms with Crippen LogP contribution in [0.4, 0.5) is 17.1 Å². The monoisotopic (exact) mass is 256 g/mol. The first-order valence-electron chi connectivity index (χ1n) is 4.23. The highest BCUT2D eigenvalue weighted by atomic mass is 32.3. The van der Waals surface area contributed by atoms with Crippen LogP contribution in [0, 0.1) is 0 Å². The molecule has 1 aromatic rings. The number of halogens is 4. The number of benzene rings is 1.